The number of hydrogen-bond donors (Lipinski definition) is 0. The summed E-state index contributed by atoms with van der Waals surface area (Å²) >= 11 is 11.7. The summed E-state index contributed by atoms with van der Waals surface area (Å²) in [6.45, 7) is 0.801. The average Bonchev–Trinajstić information content (AvgIpc) is 2.87. The molecule has 3 rings (SSSR count). The molecule has 2 nitrogen and oxygen atoms in total. The van der Waals surface area contributed by atoms with Crippen LogP contribution < -0.4 is 4.74 Å². The Morgan fingerprint density at radius 3 is 3.15 bits per heavy atom. The first kappa shape index (κ1) is 15.0. The molecule has 2 saturated heterocycles. The molecule has 2 aliphatic rings. The van der Waals surface area contributed by atoms with Crippen molar-refractivity contribution in [2.24, 2.45) is 0 Å². The van der Waals surface area contributed by atoms with Crippen molar-refractivity contribution >= 4 is 39.3 Å². The Hall–Kier alpha value is 0.1000. The van der Waals surface area contributed by atoms with E-state index in [9.17, 15) is 0 Å². The molecule has 0 aliphatic carbocycles. The highest BCUT2D eigenvalue weighted by atomic mass is 79.9. The summed E-state index contributed by atoms with van der Waals surface area (Å²) in [5, 5.41) is 1.48. The first-order chi connectivity index (χ1) is 9.72. The Bertz CT molecular complexity index is 477. The van der Waals surface area contributed by atoms with Gasteiger partial charge in [-0.05, 0) is 24.3 Å². The summed E-state index contributed by atoms with van der Waals surface area (Å²) in [5.74, 6) is 3.21. The highest BCUT2D eigenvalue weighted by Gasteiger charge is 2.41. The van der Waals surface area contributed by atoms with Crippen molar-refractivity contribution in [1.29, 1.82) is 0 Å². The van der Waals surface area contributed by atoms with Crippen LogP contribution in [0.25, 0.3) is 0 Å². The van der Waals surface area contributed by atoms with Crippen molar-refractivity contribution in [3.63, 3.8) is 0 Å². The van der Waals surface area contributed by atoms with Gasteiger partial charge >= 0.3 is 0 Å². The number of rotatable bonds is 3. The van der Waals surface area contributed by atoms with Gasteiger partial charge in [-0.2, -0.15) is 11.8 Å². The van der Waals surface area contributed by atoms with Crippen molar-refractivity contribution < 1.29 is 9.47 Å². The topological polar surface area (TPSA) is 18.5 Å². The van der Waals surface area contributed by atoms with Crippen LogP contribution >= 0.6 is 39.3 Å². The lowest BCUT2D eigenvalue weighted by Crippen LogP contribution is -2.43. The summed E-state index contributed by atoms with van der Waals surface area (Å²) in [7, 11) is 0. The molecule has 1 aromatic carbocycles. The maximum Gasteiger partial charge on any atom is 0.125 e. The second-order valence-corrected chi connectivity index (χ2v) is 7.49. The van der Waals surface area contributed by atoms with Crippen molar-refractivity contribution in [2.45, 2.75) is 36.3 Å². The van der Waals surface area contributed by atoms with E-state index in [1.807, 2.05) is 30.0 Å². The minimum atomic E-state index is 0.0563. The second kappa shape index (κ2) is 6.47. The zero-order valence-corrected chi connectivity index (χ0v) is 14.4. The van der Waals surface area contributed by atoms with E-state index in [0.29, 0.717) is 5.33 Å². The lowest BCUT2D eigenvalue weighted by atomic mass is 9.91. The molecule has 0 aromatic heterocycles. The molecule has 2 atom stereocenters. The van der Waals surface area contributed by atoms with Crippen LogP contribution in [-0.4, -0.2) is 29.8 Å². The van der Waals surface area contributed by atoms with Crippen molar-refractivity contribution in [3.8, 4) is 5.75 Å². The molecule has 0 N–H and O–H groups in total. The highest BCUT2D eigenvalue weighted by Crippen LogP contribution is 2.40. The molecule has 110 valence electrons. The SMILES string of the molecule is Clc1cccc(OC2CCOC3(CCSC3)C2)c1CBr. The van der Waals surface area contributed by atoms with E-state index >= 15 is 0 Å². The minimum Gasteiger partial charge on any atom is -0.490 e. The van der Waals surface area contributed by atoms with E-state index in [2.05, 4.69) is 15.9 Å². The van der Waals surface area contributed by atoms with Gasteiger partial charge in [0, 0.05) is 34.5 Å². The third-order valence-electron chi connectivity index (χ3n) is 4.02. The maximum atomic E-state index is 6.24. The van der Waals surface area contributed by atoms with Gasteiger partial charge in [-0.25, -0.2) is 0 Å². The number of alkyl halides is 1. The molecule has 2 fully saturated rings. The Labute approximate surface area is 137 Å². The van der Waals surface area contributed by atoms with Crippen molar-refractivity contribution in [3.05, 3.63) is 28.8 Å². The number of hydrogen-bond acceptors (Lipinski definition) is 3. The molecule has 0 radical (unpaired) electrons. The van der Waals surface area contributed by atoms with Crippen LogP contribution in [0.1, 0.15) is 24.8 Å². The van der Waals surface area contributed by atoms with Gasteiger partial charge in [0.2, 0.25) is 0 Å². The summed E-state index contributed by atoms with van der Waals surface area (Å²) < 4.78 is 12.3. The van der Waals surface area contributed by atoms with Crippen LogP contribution in [0.15, 0.2) is 18.2 Å². The van der Waals surface area contributed by atoms with Gasteiger partial charge in [-0.1, -0.05) is 33.6 Å². The van der Waals surface area contributed by atoms with Crippen molar-refractivity contribution in [1.82, 2.24) is 0 Å². The Balaban J connectivity index is 1.73. The van der Waals surface area contributed by atoms with Crippen LogP contribution in [0.3, 0.4) is 0 Å². The van der Waals surface area contributed by atoms with E-state index in [1.165, 1.54) is 5.75 Å². The van der Waals surface area contributed by atoms with Gasteiger partial charge in [-0.15, -0.1) is 0 Å². The first-order valence-corrected chi connectivity index (χ1v) is 9.60. The molecule has 1 aromatic rings. The van der Waals surface area contributed by atoms with Crippen LogP contribution in [0.5, 0.6) is 5.75 Å². The Morgan fingerprint density at radius 1 is 1.50 bits per heavy atom. The zero-order valence-electron chi connectivity index (χ0n) is 11.2. The average molecular weight is 378 g/mol. The summed E-state index contributed by atoms with van der Waals surface area (Å²) in [5.41, 5.74) is 1.09. The Morgan fingerprint density at radius 2 is 2.40 bits per heavy atom. The van der Waals surface area contributed by atoms with Gasteiger partial charge in [0.05, 0.1) is 12.2 Å². The predicted molar refractivity (Wildman–Crippen MR) is 88.4 cm³/mol. The molecule has 2 unspecified atom stereocenters. The molecule has 2 heterocycles. The normalized spacial score (nSPS) is 29.8. The standard InChI is InChI=1S/C15H18BrClO2S/c16-9-12-13(17)2-1-3-14(12)19-11-4-6-18-15(8-11)5-7-20-10-15/h1-3,11H,4-10H2. The quantitative estimate of drug-likeness (QED) is 0.713. The smallest absolute Gasteiger partial charge is 0.125 e. The third-order valence-corrected chi connectivity index (χ3v) is 6.16. The number of thioether (sulfide) groups is 1. The van der Waals surface area contributed by atoms with E-state index in [4.69, 9.17) is 21.1 Å². The lowest BCUT2D eigenvalue weighted by molar-refractivity contribution is -0.0959. The number of benzene rings is 1. The number of halogens is 2. The maximum absolute atomic E-state index is 6.24. The fourth-order valence-electron chi connectivity index (χ4n) is 2.91. The Kier molecular flexibility index (Phi) is 4.86. The fourth-order valence-corrected chi connectivity index (χ4v) is 5.26. The van der Waals surface area contributed by atoms with Crippen LogP contribution in [0, 0.1) is 0 Å². The monoisotopic (exact) mass is 376 g/mol. The second-order valence-electron chi connectivity index (χ2n) is 5.42. The first-order valence-electron chi connectivity index (χ1n) is 6.94. The largest absolute Gasteiger partial charge is 0.490 e. The number of ether oxygens (including phenoxy) is 2. The molecule has 0 bridgehead atoms. The molecular weight excluding hydrogens is 360 g/mol. The molecule has 5 heteroatoms. The van der Waals surface area contributed by atoms with Gasteiger partial charge in [0.1, 0.15) is 11.9 Å². The molecule has 2 aliphatic heterocycles. The summed E-state index contributed by atoms with van der Waals surface area (Å²) in [6.07, 6.45) is 3.34. The summed E-state index contributed by atoms with van der Waals surface area (Å²) in [6, 6.07) is 5.86. The van der Waals surface area contributed by atoms with Gasteiger partial charge in [0.15, 0.2) is 0 Å². The van der Waals surface area contributed by atoms with E-state index in [1.54, 1.807) is 0 Å². The molecule has 20 heavy (non-hydrogen) atoms. The van der Waals surface area contributed by atoms with Gasteiger partial charge in [-0.3, -0.25) is 0 Å². The highest BCUT2D eigenvalue weighted by molar-refractivity contribution is 9.08. The van der Waals surface area contributed by atoms with E-state index in [0.717, 1.165) is 48.0 Å². The van der Waals surface area contributed by atoms with Crippen LogP contribution in [0.2, 0.25) is 5.02 Å². The van der Waals surface area contributed by atoms with E-state index in [-0.39, 0.29) is 11.7 Å². The molecular formula is C15H18BrClO2S. The molecule has 0 saturated carbocycles. The minimum absolute atomic E-state index is 0.0563. The van der Waals surface area contributed by atoms with Gasteiger partial charge in [0.25, 0.3) is 0 Å². The van der Waals surface area contributed by atoms with E-state index < -0.39 is 0 Å². The lowest BCUT2D eigenvalue weighted by Gasteiger charge is -2.37. The zero-order chi connectivity index (χ0) is 14.0. The third kappa shape index (κ3) is 3.13. The molecule has 0 amide bonds. The van der Waals surface area contributed by atoms with Gasteiger partial charge < -0.3 is 9.47 Å². The molecule has 1 spiro atoms. The fraction of sp³-hybridized carbons (Fsp3) is 0.600. The van der Waals surface area contributed by atoms with Crippen LogP contribution in [0.4, 0.5) is 0 Å². The predicted octanol–water partition coefficient (Wildman–Crippen LogP) is 4.67. The van der Waals surface area contributed by atoms with Crippen molar-refractivity contribution in [2.75, 3.05) is 18.1 Å². The summed E-state index contributed by atoms with van der Waals surface area (Å²) in [4.78, 5) is 0. The van der Waals surface area contributed by atoms with Crippen LogP contribution in [-0.2, 0) is 10.1 Å².